The van der Waals surface area contributed by atoms with Gasteiger partial charge in [0.25, 0.3) is 0 Å². The topological polar surface area (TPSA) is 40.5 Å². The zero-order valence-electron chi connectivity index (χ0n) is 4.97. The van der Waals surface area contributed by atoms with Crippen LogP contribution >= 0.6 is 0 Å². The van der Waals surface area contributed by atoms with Gasteiger partial charge in [0.15, 0.2) is 0 Å². The second-order valence-electron chi connectivity index (χ2n) is 2.20. The molecule has 2 N–H and O–H groups in total. The second-order valence-corrected chi connectivity index (χ2v) is 2.20. The van der Waals surface area contributed by atoms with Crippen LogP contribution in [0.5, 0.6) is 0 Å². The molecule has 0 saturated carbocycles. The van der Waals surface area contributed by atoms with Gasteiger partial charge >= 0.3 is 0 Å². The highest BCUT2D eigenvalue weighted by Crippen LogP contribution is 2.05. The van der Waals surface area contributed by atoms with E-state index in [1.165, 1.54) is 13.8 Å². The molecule has 2 heteroatoms. The maximum absolute atomic E-state index is 8.85. The van der Waals surface area contributed by atoms with Gasteiger partial charge in [-0.1, -0.05) is 5.92 Å². The third-order valence-corrected chi connectivity index (χ3v) is 0.806. The molecule has 0 aromatic rings. The predicted octanol–water partition coefficient (Wildman–Crippen LogP) is -0.292. The molecule has 1 radical (unpaired) electrons. The van der Waals surface area contributed by atoms with Crippen molar-refractivity contribution >= 4 is 0 Å². The van der Waals surface area contributed by atoms with Gasteiger partial charge in [-0.3, -0.25) is 0 Å². The summed E-state index contributed by atoms with van der Waals surface area (Å²) < 4.78 is 0. The SMILES string of the molecule is [C]#CC(O)C(C)(C)O. The quantitative estimate of drug-likeness (QED) is 0.459. The fraction of sp³-hybridized carbons (Fsp3) is 0.667. The summed E-state index contributed by atoms with van der Waals surface area (Å²) in [5.74, 6) is 1.76. The zero-order chi connectivity index (χ0) is 6.78. The Hall–Kier alpha value is -0.520. The molecule has 0 aromatic heterocycles. The Labute approximate surface area is 49.2 Å². The molecule has 0 amide bonds. The summed E-state index contributed by atoms with van der Waals surface area (Å²) in [4.78, 5) is 0. The van der Waals surface area contributed by atoms with Gasteiger partial charge in [0.2, 0.25) is 0 Å². The van der Waals surface area contributed by atoms with Crippen molar-refractivity contribution < 1.29 is 10.2 Å². The van der Waals surface area contributed by atoms with Gasteiger partial charge in [-0.25, -0.2) is 0 Å². The van der Waals surface area contributed by atoms with E-state index in [9.17, 15) is 0 Å². The first kappa shape index (κ1) is 7.48. The van der Waals surface area contributed by atoms with Crippen molar-refractivity contribution in [1.82, 2.24) is 0 Å². The molecule has 45 valence electrons. The summed E-state index contributed by atoms with van der Waals surface area (Å²) in [6.07, 6.45) is 5.23. The first-order chi connectivity index (χ1) is 3.48. The van der Waals surface area contributed by atoms with Gasteiger partial charge in [0.1, 0.15) is 6.10 Å². The molecule has 1 unspecified atom stereocenters. The van der Waals surface area contributed by atoms with Gasteiger partial charge in [-0.2, -0.15) is 0 Å². The largest absolute Gasteiger partial charge is 0.387 e. The van der Waals surface area contributed by atoms with Gasteiger partial charge in [-0.05, 0) is 20.3 Å². The maximum Gasteiger partial charge on any atom is 0.143 e. The molecule has 0 fully saturated rings. The molecule has 0 saturated heterocycles. The van der Waals surface area contributed by atoms with E-state index >= 15 is 0 Å². The van der Waals surface area contributed by atoms with Crippen LogP contribution < -0.4 is 0 Å². The minimum atomic E-state index is -1.23. The molecule has 0 aliphatic rings. The molecule has 0 aliphatic carbocycles. The lowest BCUT2D eigenvalue weighted by atomic mass is 10.0. The molecular formula is C6H9O2. The van der Waals surface area contributed by atoms with Crippen molar-refractivity contribution in [2.45, 2.75) is 25.6 Å². The third kappa shape index (κ3) is 1.97. The Bertz CT molecular complexity index is 105. The first-order valence-corrected chi connectivity index (χ1v) is 2.31. The van der Waals surface area contributed by atoms with Crippen molar-refractivity contribution in [1.29, 1.82) is 0 Å². The molecule has 8 heavy (non-hydrogen) atoms. The van der Waals surface area contributed by atoms with E-state index < -0.39 is 11.7 Å². The first-order valence-electron chi connectivity index (χ1n) is 2.31. The van der Waals surface area contributed by atoms with Crippen LogP contribution in [0.25, 0.3) is 0 Å². The highest BCUT2D eigenvalue weighted by atomic mass is 16.3. The summed E-state index contributed by atoms with van der Waals surface area (Å²) in [5, 5.41) is 17.5. The fourth-order valence-corrected chi connectivity index (χ4v) is 0.177. The Morgan fingerprint density at radius 1 is 1.62 bits per heavy atom. The highest BCUT2D eigenvalue weighted by molar-refractivity contribution is 4.96. The predicted molar refractivity (Wildman–Crippen MR) is 29.4 cm³/mol. The fourth-order valence-electron chi connectivity index (χ4n) is 0.177. The Kier molecular flexibility index (Phi) is 2.02. The van der Waals surface area contributed by atoms with Crippen LogP contribution in [0, 0.1) is 12.3 Å². The van der Waals surface area contributed by atoms with Crippen LogP contribution in [0.3, 0.4) is 0 Å². The normalized spacial score (nSPS) is 14.9. The third-order valence-electron chi connectivity index (χ3n) is 0.806. The van der Waals surface area contributed by atoms with Gasteiger partial charge < -0.3 is 10.2 Å². The van der Waals surface area contributed by atoms with Crippen LogP contribution in [0.2, 0.25) is 0 Å². The molecule has 0 aliphatic heterocycles. The van der Waals surface area contributed by atoms with E-state index in [1.807, 2.05) is 0 Å². The summed E-state index contributed by atoms with van der Waals surface area (Å²) in [7, 11) is 0. The van der Waals surface area contributed by atoms with E-state index in [2.05, 4.69) is 0 Å². The van der Waals surface area contributed by atoms with E-state index in [-0.39, 0.29) is 0 Å². The van der Waals surface area contributed by atoms with Gasteiger partial charge in [-0.15, -0.1) is 0 Å². The summed E-state index contributed by atoms with van der Waals surface area (Å²) >= 11 is 0. The molecule has 0 rings (SSSR count). The average Bonchev–Trinajstić information content (AvgIpc) is 1.62. The molecule has 2 nitrogen and oxygen atoms in total. The van der Waals surface area contributed by atoms with Crippen molar-refractivity contribution in [3.05, 3.63) is 6.42 Å². The lowest BCUT2D eigenvalue weighted by Crippen LogP contribution is -2.34. The van der Waals surface area contributed by atoms with E-state index in [0.717, 1.165) is 0 Å². The smallest absolute Gasteiger partial charge is 0.143 e. The summed E-state index contributed by atoms with van der Waals surface area (Å²) in [6, 6.07) is 0. The van der Waals surface area contributed by atoms with Gasteiger partial charge in [0, 0.05) is 0 Å². The Balaban J connectivity index is 3.87. The molecule has 0 heterocycles. The number of aliphatic hydroxyl groups is 2. The Morgan fingerprint density at radius 3 is 2.00 bits per heavy atom. The summed E-state index contributed by atoms with van der Waals surface area (Å²) in [5.41, 5.74) is -1.23. The lowest BCUT2D eigenvalue weighted by molar-refractivity contribution is -0.0178. The number of hydrogen-bond donors (Lipinski definition) is 2. The standard InChI is InChI=1S/C6H9O2/c1-4-5(7)6(2,3)8/h5,7-8H,2-3H3. The van der Waals surface area contributed by atoms with Crippen LogP contribution in [0.1, 0.15) is 13.8 Å². The monoisotopic (exact) mass is 113 g/mol. The minimum absolute atomic E-state index is 1.18. The van der Waals surface area contributed by atoms with Crippen molar-refractivity contribution in [2.75, 3.05) is 0 Å². The Morgan fingerprint density at radius 2 is 2.00 bits per heavy atom. The molecular weight excluding hydrogens is 104 g/mol. The van der Waals surface area contributed by atoms with E-state index in [1.54, 1.807) is 5.92 Å². The van der Waals surface area contributed by atoms with E-state index in [0.29, 0.717) is 0 Å². The zero-order valence-corrected chi connectivity index (χ0v) is 4.97. The van der Waals surface area contributed by atoms with Crippen molar-refractivity contribution in [3.8, 4) is 5.92 Å². The number of rotatable bonds is 1. The van der Waals surface area contributed by atoms with Crippen LogP contribution in [-0.2, 0) is 0 Å². The van der Waals surface area contributed by atoms with Crippen LogP contribution in [-0.4, -0.2) is 21.9 Å². The lowest BCUT2D eigenvalue weighted by Gasteiger charge is -2.18. The highest BCUT2D eigenvalue weighted by Gasteiger charge is 2.21. The second kappa shape index (κ2) is 2.17. The van der Waals surface area contributed by atoms with Gasteiger partial charge in [0.05, 0.1) is 5.60 Å². The van der Waals surface area contributed by atoms with Crippen LogP contribution in [0.4, 0.5) is 0 Å². The average molecular weight is 113 g/mol. The molecule has 0 bridgehead atoms. The minimum Gasteiger partial charge on any atom is -0.387 e. The van der Waals surface area contributed by atoms with Crippen molar-refractivity contribution in [3.63, 3.8) is 0 Å². The summed E-state index contributed by atoms with van der Waals surface area (Å²) in [6.45, 7) is 2.83. The maximum atomic E-state index is 8.85. The van der Waals surface area contributed by atoms with E-state index in [4.69, 9.17) is 16.6 Å². The molecule has 0 spiro atoms. The molecule has 0 aromatic carbocycles. The number of aliphatic hydroxyl groups excluding tert-OH is 1. The number of hydrogen-bond acceptors (Lipinski definition) is 2. The van der Waals surface area contributed by atoms with Crippen LogP contribution in [0.15, 0.2) is 0 Å². The molecule has 1 atom stereocenters. The van der Waals surface area contributed by atoms with Crippen molar-refractivity contribution in [2.24, 2.45) is 0 Å².